The summed E-state index contributed by atoms with van der Waals surface area (Å²) in [5, 5.41) is 2.09. The minimum absolute atomic E-state index is 0.297. The zero-order chi connectivity index (χ0) is 16.1. The Kier molecular flexibility index (Phi) is 4.67. The largest absolute Gasteiger partial charge is 0.484 e. The zero-order valence-electron chi connectivity index (χ0n) is 11.3. The van der Waals surface area contributed by atoms with Gasteiger partial charge in [0.05, 0.1) is 0 Å². The summed E-state index contributed by atoms with van der Waals surface area (Å²) in [5.74, 6) is -2.74. The summed E-state index contributed by atoms with van der Waals surface area (Å²) in [6.45, 7) is -0.441. The molecule has 0 aliphatic carbocycles. The predicted octanol–water partition coefficient (Wildman–Crippen LogP) is 2.08. The van der Waals surface area contributed by atoms with E-state index in [0.717, 1.165) is 12.1 Å². The molecule has 7 heteroatoms. The smallest absolute Gasteiger partial charge is 0.262 e. The number of nitrogens with one attached hydrogen (secondary N) is 1. The lowest BCUT2D eigenvalue weighted by Gasteiger charge is -2.09. The van der Waals surface area contributed by atoms with E-state index < -0.39 is 35.7 Å². The first-order chi connectivity index (χ1) is 10.5. The Labute approximate surface area is 124 Å². The van der Waals surface area contributed by atoms with Gasteiger partial charge in [0.25, 0.3) is 5.91 Å². The van der Waals surface area contributed by atoms with Crippen LogP contribution in [-0.2, 0) is 4.79 Å². The Morgan fingerprint density at radius 1 is 1.05 bits per heavy atom. The van der Waals surface area contributed by atoms with Crippen LogP contribution in [0.1, 0.15) is 10.4 Å². The van der Waals surface area contributed by atoms with Gasteiger partial charge in [-0.2, -0.15) is 0 Å². The van der Waals surface area contributed by atoms with Gasteiger partial charge in [-0.3, -0.25) is 9.59 Å². The first kappa shape index (κ1) is 15.4. The van der Waals surface area contributed by atoms with Crippen LogP contribution in [0.25, 0.3) is 0 Å². The number of amides is 2. The molecular weight excluding hydrogens is 294 g/mol. The molecule has 114 valence electrons. The van der Waals surface area contributed by atoms with Gasteiger partial charge in [0, 0.05) is 5.56 Å². The van der Waals surface area contributed by atoms with E-state index in [0.29, 0.717) is 11.3 Å². The molecule has 0 unspecified atom stereocenters. The van der Waals surface area contributed by atoms with E-state index in [4.69, 9.17) is 10.5 Å². The van der Waals surface area contributed by atoms with Crippen LogP contribution < -0.4 is 15.8 Å². The molecular formula is C15H12F2N2O3. The van der Waals surface area contributed by atoms with E-state index in [1.165, 1.54) is 30.3 Å². The summed E-state index contributed by atoms with van der Waals surface area (Å²) >= 11 is 0. The number of para-hydroxylation sites is 1. The number of primary amides is 1. The molecule has 2 aromatic rings. The highest BCUT2D eigenvalue weighted by atomic mass is 19.1. The van der Waals surface area contributed by atoms with Crippen molar-refractivity contribution in [2.24, 2.45) is 5.73 Å². The van der Waals surface area contributed by atoms with Gasteiger partial charge >= 0.3 is 0 Å². The summed E-state index contributed by atoms with van der Waals surface area (Å²) < 4.78 is 31.9. The van der Waals surface area contributed by atoms with Gasteiger partial charge in [0.1, 0.15) is 23.1 Å². The average Bonchev–Trinajstić information content (AvgIpc) is 2.49. The number of ether oxygens (including phenoxy) is 1. The zero-order valence-corrected chi connectivity index (χ0v) is 11.3. The minimum atomic E-state index is -0.876. The highest BCUT2D eigenvalue weighted by molar-refractivity contribution is 5.93. The number of benzene rings is 2. The third-order valence-corrected chi connectivity index (χ3v) is 2.74. The highest BCUT2D eigenvalue weighted by Gasteiger charge is 2.12. The van der Waals surface area contributed by atoms with E-state index in [-0.39, 0.29) is 0 Å². The van der Waals surface area contributed by atoms with Gasteiger partial charge in [-0.05, 0) is 36.4 Å². The standard InChI is InChI=1S/C15H12F2N2O3/c16-11-2-1-3-12(17)14(11)19-13(20)8-22-10-6-4-9(5-7-10)15(18)21/h1-7H,8H2,(H2,18,21)(H,19,20). The molecule has 0 aromatic heterocycles. The van der Waals surface area contributed by atoms with Gasteiger partial charge in [-0.1, -0.05) is 6.07 Å². The Bertz CT molecular complexity index is 682. The Morgan fingerprint density at radius 3 is 2.18 bits per heavy atom. The van der Waals surface area contributed by atoms with Crippen molar-refractivity contribution in [2.45, 2.75) is 0 Å². The lowest BCUT2D eigenvalue weighted by molar-refractivity contribution is -0.118. The number of hydrogen-bond acceptors (Lipinski definition) is 3. The fourth-order valence-electron chi connectivity index (χ4n) is 1.66. The predicted molar refractivity (Wildman–Crippen MR) is 75.4 cm³/mol. The second-order valence-electron chi connectivity index (χ2n) is 4.32. The van der Waals surface area contributed by atoms with Crippen molar-refractivity contribution in [3.05, 3.63) is 59.7 Å². The van der Waals surface area contributed by atoms with Crippen LogP contribution in [0.3, 0.4) is 0 Å². The number of halogens is 2. The van der Waals surface area contributed by atoms with Gasteiger partial charge in [-0.15, -0.1) is 0 Å². The van der Waals surface area contributed by atoms with Crippen LogP contribution >= 0.6 is 0 Å². The van der Waals surface area contributed by atoms with E-state index >= 15 is 0 Å². The molecule has 2 aromatic carbocycles. The molecule has 0 bridgehead atoms. The third-order valence-electron chi connectivity index (χ3n) is 2.74. The molecule has 0 spiro atoms. The van der Waals surface area contributed by atoms with Crippen molar-refractivity contribution in [2.75, 3.05) is 11.9 Å². The molecule has 0 fully saturated rings. The number of anilines is 1. The third kappa shape index (κ3) is 3.78. The Balaban J connectivity index is 1.94. The maximum absolute atomic E-state index is 13.4. The minimum Gasteiger partial charge on any atom is -0.484 e. The molecule has 0 saturated heterocycles. The monoisotopic (exact) mass is 306 g/mol. The van der Waals surface area contributed by atoms with Gasteiger partial charge in [0.15, 0.2) is 6.61 Å². The van der Waals surface area contributed by atoms with Crippen molar-refractivity contribution in [1.29, 1.82) is 0 Å². The number of hydrogen-bond donors (Lipinski definition) is 2. The maximum Gasteiger partial charge on any atom is 0.262 e. The van der Waals surface area contributed by atoms with E-state index in [1.54, 1.807) is 0 Å². The Morgan fingerprint density at radius 2 is 1.64 bits per heavy atom. The van der Waals surface area contributed by atoms with Crippen molar-refractivity contribution in [1.82, 2.24) is 0 Å². The first-order valence-electron chi connectivity index (χ1n) is 6.24. The molecule has 0 radical (unpaired) electrons. The number of nitrogens with two attached hydrogens (primary N) is 1. The maximum atomic E-state index is 13.4. The summed E-state index contributed by atoms with van der Waals surface area (Å²) in [6.07, 6.45) is 0. The molecule has 5 nitrogen and oxygen atoms in total. The van der Waals surface area contributed by atoms with Crippen molar-refractivity contribution < 1.29 is 23.1 Å². The normalized spacial score (nSPS) is 10.1. The molecule has 22 heavy (non-hydrogen) atoms. The lowest BCUT2D eigenvalue weighted by atomic mass is 10.2. The van der Waals surface area contributed by atoms with Crippen molar-refractivity contribution in [3.63, 3.8) is 0 Å². The van der Waals surface area contributed by atoms with Crippen molar-refractivity contribution in [3.8, 4) is 5.75 Å². The van der Waals surface area contributed by atoms with Crippen LogP contribution in [0.4, 0.5) is 14.5 Å². The number of carbonyl (C=O) groups excluding carboxylic acids is 2. The number of rotatable bonds is 5. The first-order valence-corrected chi connectivity index (χ1v) is 6.24. The van der Waals surface area contributed by atoms with E-state index in [2.05, 4.69) is 5.32 Å². The topological polar surface area (TPSA) is 81.4 Å². The molecule has 2 rings (SSSR count). The van der Waals surface area contributed by atoms with Crippen LogP contribution in [0, 0.1) is 11.6 Å². The van der Waals surface area contributed by atoms with Crippen LogP contribution in [0.15, 0.2) is 42.5 Å². The molecule has 0 aliphatic rings. The molecule has 0 atom stereocenters. The molecule has 0 heterocycles. The second kappa shape index (κ2) is 6.66. The van der Waals surface area contributed by atoms with E-state index in [1.807, 2.05) is 0 Å². The fraction of sp³-hybridized carbons (Fsp3) is 0.0667. The summed E-state index contributed by atoms with van der Waals surface area (Å²) in [5.41, 5.74) is 4.85. The number of carbonyl (C=O) groups is 2. The van der Waals surface area contributed by atoms with Crippen molar-refractivity contribution >= 4 is 17.5 Å². The van der Waals surface area contributed by atoms with E-state index in [9.17, 15) is 18.4 Å². The molecule has 2 amide bonds. The SMILES string of the molecule is NC(=O)c1ccc(OCC(=O)Nc2c(F)cccc2F)cc1. The second-order valence-corrected chi connectivity index (χ2v) is 4.32. The highest BCUT2D eigenvalue weighted by Crippen LogP contribution is 2.18. The van der Waals surface area contributed by atoms with Gasteiger partial charge in [-0.25, -0.2) is 8.78 Å². The van der Waals surface area contributed by atoms with Crippen LogP contribution in [-0.4, -0.2) is 18.4 Å². The molecule has 3 N–H and O–H groups in total. The summed E-state index contributed by atoms with van der Waals surface area (Å²) in [7, 11) is 0. The summed E-state index contributed by atoms with van der Waals surface area (Å²) in [6, 6.07) is 9.04. The fourth-order valence-corrected chi connectivity index (χ4v) is 1.66. The molecule has 0 aliphatic heterocycles. The van der Waals surface area contributed by atoms with Gasteiger partial charge < -0.3 is 15.8 Å². The summed E-state index contributed by atoms with van der Waals surface area (Å²) in [4.78, 5) is 22.5. The average molecular weight is 306 g/mol. The lowest BCUT2D eigenvalue weighted by Crippen LogP contribution is -2.21. The Hall–Kier alpha value is -2.96. The van der Waals surface area contributed by atoms with Crippen LogP contribution in [0.2, 0.25) is 0 Å². The van der Waals surface area contributed by atoms with Gasteiger partial charge in [0.2, 0.25) is 5.91 Å². The molecule has 0 saturated carbocycles. The quantitative estimate of drug-likeness (QED) is 0.887. The van der Waals surface area contributed by atoms with Crippen LogP contribution in [0.5, 0.6) is 5.75 Å².